The monoisotopic (exact) mass is 357 g/mol. The highest BCUT2D eigenvalue weighted by molar-refractivity contribution is 7.23. The number of benzene rings is 1. The number of nitrogens with zero attached hydrogens (tertiary/aromatic N) is 5. The molecule has 4 heterocycles. The zero-order valence-corrected chi connectivity index (χ0v) is 13.0. The van der Waals surface area contributed by atoms with Gasteiger partial charge in [0, 0.05) is 18.3 Å². The van der Waals surface area contributed by atoms with Crippen LogP contribution in [0, 0.1) is 0 Å². The molecule has 1 aliphatic rings. The van der Waals surface area contributed by atoms with E-state index in [0.29, 0.717) is 22.0 Å². The number of rotatable bonds is 2. The van der Waals surface area contributed by atoms with Crippen LogP contribution in [0.4, 0.5) is 5.95 Å². The van der Waals surface area contributed by atoms with E-state index in [1.165, 1.54) is 21.9 Å². The molecule has 0 saturated carbocycles. The lowest BCUT2D eigenvalue weighted by Gasteiger charge is -2.01. The second-order valence-corrected chi connectivity index (χ2v) is 6.07. The highest BCUT2D eigenvalue weighted by atomic mass is 32.1. The smallest absolute Gasteiger partial charge is 0.271 e. The molecule has 25 heavy (non-hydrogen) atoms. The van der Waals surface area contributed by atoms with E-state index in [1.807, 2.05) is 0 Å². The molecule has 0 unspecified atom stereocenters. The maximum absolute atomic E-state index is 12.8. The molecule has 0 bridgehead atoms. The summed E-state index contributed by atoms with van der Waals surface area (Å²) in [5.74, 6) is 0.448. The van der Waals surface area contributed by atoms with Crippen LogP contribution >= 0.6 is 11.3 Å². The van der Waals surface area contributed by atoms with Crippen LogP contribution in [0.2, 0.25) is 0 Å². The largest absolute Gasteiger partial charge is 0.454 e. The Hall–Kier alpha value is -3.54. The van der Waals surface area contributed by atoms with Gasteiger partial charge >= 0.3 is 0 Å². The maximum atomic E-state index is 12.8. The quantitative estimate of drug-likeness (QED) is 0.526. The summed E-state index contributed by atoms with van der Waals surface area (Å²) in [6.07, 6.45) is 1.23. The number of aromatic amines is 1. The van der Waals surface area contributed by atoms with Gasteiger partial charge < -0.3 is 9.47 Å². The third kappa shape index (κ3) is 2.04. The highest BCUT2D eigenvalue weighted by Crippen LogP contribution is 2.38. The zero-order chi connectivity index (χ0) is 17.0. The van der Waals surface area contributed by atoms with Crippen molar-refractivity contribution >= 4 is 38.4 Å². The molecule has 0 fully saturated rings. The summed E-state index contributed by atoms with van der Waals surface area (Å²) >= 11 is 1.31. The fourth-order valence-corrected chi connectivity index (χ4v) is 3.53. The molecule has 5 rings (SSSR count). The van der Waals surface area contributed by atoms with Crippen molar-refractivity contribution < 1.29 is 14.3 Å². The van der Waals surface area contributed by atoms with Crippen molar-refractivity contribution in [3.63, 3.8) is 0 Å². The second-order valence-electron chi connectivity index (χ2n) is 5.06. The number of ether oxygens (including phenoxy) is 2. The van der Waals surface area contributed by atoms with Gasteiger partial charge in [0.2, 0.25) is 6.79 Å². The molecule has 0 atom stereocenters. The van der Waals surface area contributed by atoms with Crippen molar-refractivity contribution in [2.45, 2.75) is 0 Å². The molecule has 0 aliphatic carbocycles. The summed E-state index contributed by atoms with van der Waals surface area (Å²) in [4.78, 5) is 29.8. The first kappa shape index (κ1) is 13.9. The molecule has 1 aromatic carbocycles. The predicted molar refractivity (Wildman–Crippen MR) is 85.1 cm³/mol. The van der Waals surface area contributed by atoms with Crippen LogP contribution in [0.5, 0.6) is 11.5 Å². The topological polar surface area (TPSA) is 136 Å². The molecule has 1 aliphatic heterocycles. The number of tetrazole rings is 1. The lowest BCUT2D eigenvalue weighted by Crippen LogP contribution is -2.26. The minimum Gasteiger partial charge on any atom is -0.454 e. The zero-order valence-electron chi connectivity index (χ0n) is 12.2. The fraction of sp³-hybridized carbons (Fsp3) is 0.0769. The average Bonchev–Trinajstić information content (AvgIpc) is 3.31. The first-order valence-electron chi connectivity index (χ1n) is 6.99. The van der Waals surface area contributed by atoms with Gasteiger partial charge in [0.1, 0.15) is 5.56 Å². The number of H-pyrrole nitrogens is 1. The maximum Gasteiger partial charge on any atom is 0.271 e. The van der Waals surface area contributed by atoms with Crippen LogP contribution in [0.15, 0.2) is 23.1 Å². The van der Waals surface area contributed by atoms with Crippen LogP contribution in [0.25, 0.3) is 15.2 Å². The van der Waals surface area contributed by atoms with Gasteiger partial charge in [-0.15, -0.1) is 5.10 Å². The van der Waals surface area contributed by atoms with E-state index in [9.17, 15) is 9.59 Å². The Bertz CT molecular complexity index is 1200. The molecule has 0 saturated heterocycles. The Kier molecular flexibility index (Phi) is 2.76. The molecular formula is C13H7N7O4S. The summed E-state index contributed by atoms with van der Waals surface area (Å²) in [6.45, 7) is 0.135. The number of anilines is 1. The molecule has 4 aromatic rings. The Morgan fingerprint density at radius 1 is 1.32 bits per heavy atom. The minimum absolute atomic E-state index is 0.0342. The summed E-state index contributed by atoms with van der Waals surface area (Å²) < 4.78 is 12.9. The molecule has 2 N–H and O–H groups in total. The molecule has 0 radical (unpaired) electrons. The van der Waals surface area contributed by atoms with Gasteiger partial charge in [-0.2, -0.15) is 5.21 Å². The SMILES string of the molecule is O=C(Nc1nn[nH]n1)c1cnc2sc3cc4c(cc3n2c1=O)OCO4. The van der Waals surface area contributed by atoms with Crippen LogP contribution in [-0.4, -0.2) is 42.7 Å². The van der Waals surface area contributed by atoms with Gasteiger partial charge in [0.15, 0.2) is 16.5 Å². The normalized spacial score (nSPS) is 12.8. The lowest BCUT2D eigenvalue weighted by atomic mass is 10.3. The van der Waals surface area contributed by atoms with E-state index >= 15 is 0 Å². The molecule has 124 valence electrons. The minimum atomic E-state index is -0.673. The number of amides is 1. The number of nitrogens with one attached hydrogen (secondary N) is 2. The summed E-state index contributed by atoms with van der Waals surface area (Å²) in [5.41, 5.74) is -0.0493. The number of carbonyl (C=O) groups is 1. The van der Waals surface area contributed by atoms with E-state index in [4.69, 9.17) is 9.47 Å². The van der Waals surface area contributed by atoms with Gasteiger partial charge in [-0.05, 0) is 5.21 Å². The molecule has 11 nitrogen and oxygen atoms in total. The molecule has 1 amide bonds. The highest BCUT2D eigenvalue weighted by Gasteiger charge is 2.21. The number of fused-ring (bicyclic) bond motifs is 4. The first-order valence-corrected chi connectivity index (χ1v) is 7.81. The third-order valence-electron chi connectivity index (χ3n) is 3.64. The number of carbonyl (C=O) groups excluding carboxylic acids is 1. The van der Waals surface area contributed by atoms with Crippen molar-refractivity contribution in [2.24, 2.45) is 0 Å². The van der Waals surface area contributed by atoms with Crippen molar-refractivity contribution in [3.05, 3.63) is 34.2 Å². The van der Waals surface area contributed by atoms with Crippen LogP contribution < -0.4 is 20.3 Å². The summed E-state index contributed by atoms with van der Waals surface area (Å²) in [7, 11) is 0. The van der Waals surface area contributed by atoms with E-state index in [0.717, 1.165) is 4.70 Å². The lowest BCUT2D eigenvalue weighted by molar-refractivity contribution is 0.102. The van der Waals surface area contributed by atoms with E-state index in [1.54, 1.807) is 12.1 Å². The van der Waals surface area contributed by atoms with Gasteiger partial charge in [0.05, 0.1) is 10.2 Å². The molecular weight excluding hydrogens is 350 g/mol. The van der Waals surface area contributed by atoms with Crippen molar-refractivity contribution in [1.82, 2.24) is 30.0 Å². The molecule has 0 spiro atoms. The van der Waals surface area contributed by atoms with Gasteiger partial charge in [-0.3, -0.25) is 19.3 Å². The van der Waals surface area contributed by atoms with Crippen molar-refractivity contribution in [1.29, 1.82) is 0 Å². The number of aromatic nitrogens is 6. The van der Waals surface area contributed by atoms with E-state index in [2.05, 4.69) is 30.9 Å². The fourth-order valence-electron chi connectivity index (χ4n) is 2.53. The van der Waals surface area contributed by atoms with Crippen LogP contribution in [-0.2, 0) is 0 Å². The molecule has 12 heteroatoms. The van der Waals surface area contributed by atoms with Crippen LogP contribution in [0.1, 0.15) is 10.4 Å². The van der Waals surface area contributed by atoms with Gasteiger partial charge in [-0.25, -0.2) is 4.98 Å². The second kappa shape index (κ2) is 4.98. The van der Waals surface area contributed by atoms with Gasteiger partial charge in [0.25, 0.3) is 17.4 Å². The average molecular weight is 357 g/mol. The summed E-state index contributed by atoms with van der Waals surface area (Å²) in [5, 5.41) is 15.1. The van der Waals surface area contributed by atoms with Crippen molar-refractivity contribution in [2.75, 3.05) is 12.1 Å². The van der Waals surface area contributed by atoms with Gasteiger partial charge in [-0.1, -0.05) is 16.4 Å². The Balaban J connectivity index is 1.69. The van der Waals surface area contributed by atoms with Crippen LogP contribution in [0.3, 0.4) is 0 Å². The Morgan fingerprint density at radius 2 is 2.16 bits per heavy atom. The number of hydrogen-bond acceptors (Lipinski definition) is 9. The number of thiazole rings is 1. The van der Waals surface area contributed by atoms with E-state index < -0.39 is 11.5 Å². The summed E-state index contributed by atoms with van der Waals surface area (Å²) in [6, 6.07) is 3.49. The first-order chi connectivity index (χ1) is 12.2. The Morgan fingerprint density at radius 3 is 2.96 bits per heavy atom. The molecule has 3 aromatic heterocycles. The van der Waals surface area contributed by atoms with Crippen molar-refractivity contribution in [3.8, 4) is 11.5 Å². The Labute approximate surface area is 141 Å². The standard InChI is InChI=1S/C13H7N7O4S/c21-10(15-12-16-18-19-17-12)5-3-14-13-20(11(5)22)6-1-7-8(24-4-23-7)2-9(6)25-13/h1-3H,4H2,(H2,15,16,17,18,19,21). The number of hydrogen-bond donors (Lipinski definition) is 2. The predicted octanol–water partition coefficient (Wildman–Crippen LogP) is 0.403. The van der Waals surface area contributed by atoms with E-state index in [-0.39, 0.29) is 18.3 Å². The third-order valence-corrected chi connectivity index (χ3v) is 4.66.